The summed E-state index contributed by atoms with van der Waals surface area (Å²) < 4.78 is 15.3. The molecule has 0 aliphatic heterocycles. The van der Waals surface area contributed by atoms with Crippen molar-refractivity contribution in [2.45, 2.75) is 96.8 Å². The van der Waals surface area contributed by atoms with Gasteiger partial charge in [0.05, 0.1) is 5.56 Å². The first-order valence-electron chi connectivity index (χ1n) is 14.0. The smallest absolute Gasteiger partial charge is 0.146 e. The minimum atomic E-state index is -0.197. The molecule has 1 saturated carbocycles. The van der Waals surface area contributed by atoms with Gasteiger partial charge in [0, 0.05) is 10.9 Å². The van der Waals surface area contributed by atoms with E-state index in [1.54, 1.807) is 0 Å². The van der Waals surface area contributed by atoms with E-state index in [4.69, 9.17) is 0 Å². The zero-order valence-corrected chi connectivity index (χ0v) is 21.7. The van der Waals surface area contributed by atoms with E-state index in [0.29, 0.717) is 16.9 Å². The summed E-state index contributed by atoms with van der Waals surface area (Å²) in [5, 5.41) is 1.67. The third-order valence-corrected chi connectivity index (χ3v) is 7.88. The number of hydrogen-bond donors (Lipinski definition) is 0. The van der Waals surface area contributed by atoms with Crippen LogP contribution in [0.15, 0.2) is 54.6 Å². The monoisotopic (exact) mass is 468 g/mol. The number of benzene rings is 3. The highest BCUT2D eigenvalue weighted by Crippen LogP contribution is 2.38. The number of unbranched alkanes of at least 4 members (excludes halogenated alkanes) is 4. The summed E-state index contributed by atoms with van der Waals surface area (Å²) in [6, 6.07) is 18.6. The van der Waals surface area contributed by atoms with Gasteiger partial charge in [-0.05, 0) is 85.1 Å². The predicted octanol–water partition coefficient (Wildman–Crippen LogP) is 9.97. The molecule has 1 aliphatic carbocycles. The lowest BCUT2D eigenvalue weighted by atomic mass is 9.77. The van der Waals surface area contributed by atoms with Crippen LogP contribution in [0.5, 0.6) is 0 Å². The zero-order chi connectivity index (χ0) is 24.5. The van der Waals surface area contributed by atoms with Crippen LogP contribution in [0, 0.1) is 23.6 Å². The number of aryl methyl sites for hydroxylation is 1. The lowest BCUT2D eigenvalue weighted by Gasteiger charge is -2.29. The fraction of sp³-hybridized carbons (Fsp3) is 0.471. The highest BCUT2D eigenvalue weighted by molar-refractivity contribution is 5.85. The molecule has 0 spiro atoms. The molecule has 0 aromatic heterocycles. The standard InChI is InChI=1S/C34H41F/c1-3-5-7-9-26-11-13-28(14-12-26)17-20-30-21-22-32-25-31(23-24-33(32)34(30)35)29-18-15-27(16-19-29)10-8-6-4-2/h11-14,21-25,27,29H,3-10,15-16,18-19H2,1-2H3. The third-order valence-electron chi connectivity index (χ3n) is 7.88. The topological polar surface area (TPSA) is 0 Å². The van der Waals surface area contributed by atoms with E-state index in [0.717, 1.165) is 23.3 Å². The Balaban J connectivity index is 1.41. The van der Waals surface area contributed by atoms with Crippen LogP contribution in [0.2, 0.25) is 0 Å². The summed E-state index contributed by atoms with van der Waals surface area (Å²) in [7, 11) is 0. The van der Waals surface area contributed by atoms with Gasteiger partial charge in [-0.2, -0.15) is 0 Å². The van der Waals surface area contributed by atoms with E-state index in [9.17, 15) is 0 Å². The SMILES string of the molecule is CCCCCc1ccc(C#Cc2ccc3cc(C4CCC(CCCCC)CC4)ccc3c2F)cc1. The van der Waals surface area contributed by atoms with Crippen molar-refractivity contribution in [3.8, 4) is 11.8 Å². The Kier molecular flexibility index (Phi) is 9.42. The average molecular weight is 469 g/mol. The summed E-state index contributed by atoms with van der Waals surface area (Å²) in [5.41, 5.74) is 4.14. The van der Waals surface area contributed by atoms with E-state index in [1.807, 2.05) is 18.2 Å². The van der Waals surface area contributed by atoms with Crippen molar-refractivity contribution in [3.05, 3.63) is 82.7 Å². The van der Waals surface area contributed by atoms with Gasteiger partial charge in [-0.3, -0.25) is 0 Å². The molecule has 1 fully saturated rings. The maximum absolute atomic E-state index is 15.3. The molecule has 1 heteroatoms. The van der Waals surface area contributed by atoms with E-state index in [-0.39, 0.29) is 5.82 Å². The van der Waals surface area contributed by atoms with E-state index >= 15 is 4.39 Å². The Morgan fingerprint density at radius 1 is 0.771 bits per heavy atom. The molecule has 35 heavy (non-hydrogen) atoms. The van der Waals surface area contributed by atoms with Gasteiger partial charge in [0.25, 0.3) is 0 Å². The fourth-order valence-electron chi connectivity index (χ4n) is 5.60. The molecule has 0 saturated heterocycles. The largest absolute Gasteiger partial charge is 0.205 e. The van der Waals surface area contributed by atoms with Gasteiger partial charge in [-0.25, -0.2) is 4.39 Å². The van der Waals surface area contributed by atoms with Gasteiger partial charge in [0.1, 0.15) is 5.82 Å². The molecule has 0 heterocycles. The van der Waals surface area contributed by atoms with E-state index in [1.165, 1.54) is 81.8 Å². The van der Waals surface area contributed by atoms with Gasteiger partial charge in [-0.1, -0.05) is 101 Å². The molecule has 3 aromatic carbocycles. The Labute approximate surface area is 212 Å². The molecule has 0 radical (unpaired) electrons. The first-order valence-corrected chi connectivity index (χ1v) is 14.0. The molecule has 0 atom stereocenters. The first-order chi connectivity index (χ1) is 17.2. The minimum absolute atomic E-state index is 0.197. The Morgan fingerprint density at radius 3 is 2.26 bits per heavy atom. The highest BCUT2D eigenvalue weighted by Gasteiger charge is 2.22. The first kappa shape index (κ1) is 25.5. The van der Waals surface area contributed by atoms with Gasteiger partial charge in [0.15, 0.2) is 0 Å². The van der Waals surface area contributed by atoms with Crippen LogP contribution in [0.4, 0.5) is 4.39 Å². The summed E-state index contributed by atoms with van der Waals surface area (Å²) in [6.07, 6.45) is 15.5. The molecular formula is C34H41F. The van der Waals surface area contributed by atoms with Gasteiger partial charge in [0.2, 0.25) is 0 Å². The second-order valence-electron chi connectivity index (χ2n) is 10.5. The molecule has 3 aromatic rings. The van der Waals surface area contributed by atoms with Gasteiger partial charge in [-0.15, -0.1) is 0 Å². The van der Waals surface area contributed by atoms with Gasteiger partial charge < -0.3 is 0 Å². The zero-order valence-electron chi connectivity index (χ0n) is 21.7. The molecule has 0 N–H and O–H groups in total. The Morgan fingerprint density at radius 2 is 1.51 bits per heavy atom. The second-order valence-corrected chi connectivity index (χ2v) is 10.5. The minimum Gasteiger partial charge on any atom is -0.205 e. The average Bonchev–Trinajstić information content (AvgIpc) is 2.90. The lowest BCUT2D eigenvalue weighted by molar-refractivity contribution is 0.303. The van der Waals surface area contributed by atoms with Gasteiger partial charge >= 0.3 is 0 Å². The lowest BCUT2D eigenvalue weighted by Crippen LogP contribution is -2.13. The maximum atomic E-state index is 15.3. The third kappa shape index (κ3) is 6.98. The number of fused-ring (bicyclic) bond motifs is 1. The molecule has 0 nitrogen and oxygen atoms in total. The van der Waals surface area contributed by atoms with Crippen molar-refractivity contribution in [2.75, 3.05) is 0 Å². The van der Waals surface area contributed by atoms with Crippen LogP contribution in [0.3, 0.4) is 0 Å². The number of halogens is 1. The quantitative estimate of drug-likeness (QED) is 0.216. The molecule has 1 aliphatic rings. The van der Waals surface area contributed by atoms with Crippen molar-refractivity contribution >= 4 is 10.8 Å². The Hall–Kier alpha value is -2.59. The van der Waals surface area contributed by atoms with Crippen LogP contribution in [0.25, 0.3) is 10.8 Å². The van der Waals surface area contributed by atoms with Crippen LogP contribution < -0.4 is 0 Å². The van der Waals surface area contributed by atoms with Crippen molar-refractivity contribution in [1.82, 2.24) is 0 Å². The highest BCUT2D eigenvalue weighted by atomic mass is 19.1. The summed E-state index contributed by atoms with van der Waals surface area (Å²) >= 11 is 0. The molecule has 0 amide bonds. The van der Waals surface area contributed by atoms with Crippen molar-refractivity contribution in [3.63, 3.8) is 0 Å². The van der Waals surface area contributed by atoms with Crippen LogP contribution in [0.1, 0.15) is 113 Å². The molecule has 4 rings (SSSR count). The number of hydrogen-bond acceptors (Lipinski definition) is 0. The van der Waals surface area contributed by atoms with Crippen molar-refractivity contribution in [2.24, 2.45) is 5.92 Å². The predicted molar refractivity (Wildman–Crippen MR) is 148 cm³/mol. The normalized spacial score (nSPS) is 17.8. The van der Waals surface area contributed by atoms with Crippen molar-refractivity contribution < 1.29 is 4.39 Å². The molecule has 0 unspecified atom stereocenters. The van der Waals surface area contributed by atoms with E-state index < -0.39 is 0 Å². The second kappa shape index (κ2) is 12.9. The van der Waals surface area contributed by atoms with Crippen LogP contribution >= 0.6 is 0 Å². The Bertz CT molecular complexity index is 1140. The van der Waals surface area contributed by atoms with Crippen LogP contribution in [-0.2, 0) is 6.42 Å². The fourth-order valence-corrected chi connectivity index (χ4v) is 5.60. The molecular weight excluding hydrogens is 427 g/mol. The maximum Gasteiger partial charge on any atom is 0.146 e. The molecule has 184 valence electrons. The summed E-state index contributed by atoms with van der Waals surface area (Å²) in [5.74, 6) is 7.56. The summed E-state index contributed by atoms with van der Waals surface area (Å²) in [4.78, 5) is 0. The van der Waals surface area contributed by atoms with Crippen LogP contribution in [-0.4, -0.2) is 0 Å². The van der Waals surface area contributed by atoms with Crippen molar-refractivity contribution in [1.29, 1.82) is 0 Å². The number of rotatable bonds is 9. The van der Waals surface area contributed by atoms with E-state index in [2.05, 4.69) is 62.1 Å². The summed E-state index contributed by atoms with van der Waals surface area (Å²) in [6.45, 7) is 4.51. The molecule has 0 bridgehead atoms.